The van der Waals surface area contributed by atoms with E-state index in [0.29, 0.717) is 4.75 Å². The Morgan fingerprint density at radius 1 is 1.44 bits per heavy atom. The van der Waals surface area contributed by atoms with Crippen LogP contribution in [0, 0.1) is 0 Å². The fourth-order valence-electron chi connectivity index (χ4n) is 2.38. The SMILES string of the molecule is COc1cc(N)ccc1CN1CCSC(C)(C)C1. The van der Waals surface area contributed by atoms with E-state index in [1.165, 1.54) is 11.3 Å². The van der Waals surface area contributed by atoms with Gasteiger partial charge >= 0.3 is 0 Å². The minimum Gasteiger partial charge on any atom is -0.496 e. The summed E-state index contributed by atoms with van der Waals surface area (Å²) in [5.41, 5.74) is 7.75. The third-order valence-electron chi connectivity index (χ3n) is 3.21. The summed E-state index contributed by atoms with van der Waals surface area (Å²) < 4.78 is 5.75. The van der Waals surface area contributed by atoms with Crippen molar-refractivity contribution in [1.82, 2.24) is 4.90 Å². The Morgan fingerprint density at radius 2 is 2.22 bits per heavy atom. The van der Waals surface area contributed by atoms with Gasteiger partial charge in [0.1, 0.15) is 5.75 Å². The number of rotatable bonds is 3. The first-order valence-electron chi connectivity index (χ1n) is 6.29. The Kier molecular flexibility index (Phi) is 4.07. The molecule has 1 aromatic rings. The molecular weight excluding hydrogens is 244 g/mol. The van der Waals surface area contributed by atoms with E-state index < -0.39 is 0 Å². The molecule has 0 radical (unpaired) electrons. The number of benzene rings is 1. The van der Waals surface area contributed by atoms with Crippen molar-refractivity contribution in [2.24, 2.45) is 0 Å². The summed E-state index contributed by atoms with van der Waals surface area (Å²) in [6, 6.07) is 5.92. The molecule has 0 unspecified atom stereocenters. The molecule has 2 rings (SSSR count). The van der Waals surface area contributed by atoms with Crippen molar-refractivity contribution < 1.29 is 4.74 Å². The molecule has 1 aliphatic heterocycles. The number of anilines is 1. The van der Waals surface area contributed by atoms with Crippen molar-refractivity contribution >= 4 is 17.4 Å². The van der Waals surface area contributed by atoms with Crippen molar-refractivity contribution in [1.29, 1.82) is 0 Å². The standard InChI is InChI=1S/C14H22N2OS/c1-14(2)10-16(6-7-18-14)9-11-4-5-12(15)8-13(11)17-3/h4-5,8H,6-7,9-10,15H2,1-3H3. The molecule has 1 aromatic carbocycles. The van der Waals surface area contributed by atoms with Gasteiger partial charge in [0, 0.05) is 47.5 Å². The van der Waals surface area contributed by atoms with Gasteiger partial charge in [0.25, 0.3) is 0 Å². The van der Waals surface area contributed by atoms with Gasteiger partial charge in [-0.25, -0.2) is 0 Å². The van der Waals surface area contributed by atoms with E-state index in [1.54, 1.807) is 7.11 Å². The van der Waals surface area contributed by atoms with E-state index in [4.69, 9.17) is 10.5 Å². The van der Waals surface area contributed by atoms with E-state index >= 15 is 0 Å². The monoisotopic (exact) mass is 266 g/mol. The lowest BCUT2D eigenvalue weighted by Gasteiger charge is -2.37. The summed E-state index contributed by atoms with van der Waals surface area (Å²) in [4.78, 5) is 2.49. The molecule has 2 N–H and O–H groups in total. The first kappa shape index (κ1) is 13.6. The summed E-state index contributed by atoms with van der Waals surface area (Å²) in [5, 5.41) is 0. The van der Waals surface area contributed by atoms with Crippen LogP contribution in [0.4, 0.5) is 5.69 Å². The van der Waals surface area contributed by atoms with Crippen LogP contribution in [0.2, 0.25) is 0 Å². The number of methoxy groups -OCH3 is 1. The smallest absolute Gasteiger partial charge is 0.125 e. The molecular formula is C14H22N2OS. The summed E-state index contributed by atoms with van der Waals surface area (Å²) >= 11 is 2.05. The molecule has 100 valence electrons. The highest BCUT2D eigenvalue weighted by atomic mass is 32.2. The van der Waals surface area contributed by atoms with Gasteiger partial charge in [-0.15, -0.1) is 0 Å². The summed E-state index contributed by atoms with van der Waals surface area (Å²) in [6.07, 6.45) is 0. The molecule has 1 aliphatic rings. The zero-order chi connectivity index (χ0) is 13.2. The summed E-state index contributed by atoms with van der Waals surface area (Å²) in [6.45, 7) is 7.81. The predicted octanol–water partition coefficient (Wildman–Crippen LogP) is 2.60. The van der Waals surface area contributed by atoms with E-state index in [9.17, 15) is 0 Å². The molecule has 1 saturated heterocycles. The molecule has 0 amide bonds. The van der Waals surface area contributed by atoms with Crippen LogP contribution in [0.25, 0.3) is 0 Å². The summed E-state index contributed by atoms with van der Waals surface area (Å²) in [5.74, 6) is 2.09. The Hall–Kier alpha value is -0.870. The molecule has 1 fully saturated rings. The Labute approximate surface area is 114 Å². The number of hydrogen-bond acceptors (Lipinski definition) is 4. The second kappa shape index (κ2) is 5.41. The average Bonchev–Trinajstić information content (AvgIpc) is 2.30. The van der Waals surface area contributed by atoms with Gasteiger partial charge in [0.05, 0.1) is 7.11 Å². The highest BCUT2D eigenvalue weighted by Gasteiger charge is 2.27. The third kappa shape index (κ3) is 3.33. The fourth-order valence-corrected chi connectivity index (χ4v) is 3.56. The van der Waals surface area contributed by atoms with Crippen LogP contribution in [-0.2, 0) is 6.54 Å². The molecule has 0 aromatic heterocycles. The molecule has 1 heterocycles. The van der Waals surface area contributed by atoms with Gasteiger partial charge in [-0.3, -0.25) is 4.90 Å². The highest BCUT2D eigenvalue weighted by Crippen LogP contribution is 2.31. The molecule has 4 heteroatoms. The van der Waals surface area contributed by atoms with Crippen molar-refractivity contribution in [3.63, 3.8) is 0 Å². The van der Waals surface area contributed by atoms with Gasteiger partial charge < -0.3 is 10.5 Å². The van der Waals surface area contributed by atoms with Crippen molar-refractivity contribution in [2.75, 3.05) is 31.7 Å². The van der Waals surface area contributed by atoms with Gasteiger partial charge in [0.15, 0.2) is 0 Å². The zero-order valence-electron chi connectivity index (χ0n) is 11.4. The molecule has 0 atom stereocenters. The maximum Gasteiger partial charge on any atom is 0.125 e. The van der Waals surface area contributed by atoms with Crippen LogP contribution in [0.3, 0.4) is 0 Å². The molecule has 0 saturated carbocycles. The van der Waals surface area contributed by atoms with Crippen LogP contribution in [0.1, 0.15) is 19.4 Å². The highest BCUT2D eigenvalue weighted by molar-refractivity contribution is 8.00. The van der Waals surface area contributed by atoms with E-state index in [1.807, 2.05) is 12.1 Å². The largest absolute Gasteiger partial charge is 0.496 e. The average molecular weight is 266 g/mol. The Bertz CT molecular complexity index is 420. The van der Waals surface area contributed by atoms with Crippen LogP contribution < -0.4 is 10.5 Å². The minimum atomic E-state index is 0.347. The molecule has 18 heavy (non-hydrogen) atoms. The van der Waals surface area contributed by atoms with Gasteiger partial charge in [0.2, 0.25) is 0 Å². The second-order valence-corrected chi connectivity index (χ2v) is 7.19. The lowest BCUT2D eigenvalue weighted by Crippen LogP contribution is -2.42. The van der Waals surface area contributed by atoms with Gasteiger partial charge in [-0.1, -0.05) is 6.07 Å². The van der Waals surface area contributed by atoms with Crippen LogP contribution in [0.15, 0.2) is 18.2 Å². The van der Waals surface area contributed by atoms with Gasteiger partial charge in [-0.2, -0.15) is 11.8 Å². The molecule has 0 spiro atoms. The number of nitrogens with zero attached hydrogens (tertiary/aromatic N) is 1. The van der Waals surface area contributed by atoms with Crippen LogP contribution in [0.5, 0.6) is 5.75 Å². The molecule has 0 aliphatic carbocycles. The number of ether oxygens (including phenoxy) is 1. The molecule has 0 bridgehead atoms. The topological polar surface area (TPSA) is 38.5 Å². The lowest BCUT2D eigenvalue weighted by molar-refractivity contribution is 0.248. The van der Waals surface area contributed by atoms with E-state index in [2.05, 4.69) is 36.6 Å². The Morgan fingerprint density at radius 3 is 2.89 bits per heavy atom. The normalized spacial score (nSPS) is 19.7. The summed E-state index contributed by atoms with van der Waals surface area (Å²) in [7, 11) is 1.70. The maximum atomic E-state index is 5.78. The first-order valence-corrected chi connectivity index (χ1v) is 7.27. The third-order valence-corrected chi connectivity index (χ3v) is 4.51. The number of nitrogen functional groups attached to an aromatic ring is 1. The first-order chi connectivity index (χ1) is 8.50. The second-order valence-electron chi connectivity index (χ2n) is 5.39. The van der Waals surface area contributed by atoms with E-state index in [-0.39, 0.29) is 0 Å². The van der Waals surface area contributed by atoms with Crippen molar-refractivity contribution in [2.45, 2.75) is 25.1 Å². The maximum absolute atomic E-state index is 5.78. The van der Waals surface area contributed by atoms with Gasteiger partial charge in [-0.05, 0) is 19.9 Å². The number of hydrogen-bond donors (Lipinski definition) is 1. The van der Waals surface area contributed by atoms with E-state index in [0.717, 1.165) is 31.1 Å². The van der Waals surface area contributed by atoms with Crippen molar-refractivity contribution in [3.8, 4) is 5.75 Å². The fraction of sp³-hybridized carbons (Fsp3) is 0.571. The Balaban J connectivity index is 2.09. The number of thioether (sulfide) groups is 1. The van der Waals surface area contributed by atoms with Crippen LogP contribution in [-0.4, -0.2) is 35.6 Å². The number of nitrogens with two attached hydrogens (primary N) is 1. The molecule has 3 nitrogen and oxygen atoms in total. The minimum absolute atomic E-state index is 0.347. The van der Waals surface area contributed by atoms with Crippen molar-refractivity contribution in [3.05, 3.63) is 23.8 Å². The predicted molar refractivity (Wildman–Crippen MR) is 79.2 cm³/mol. The quantitative estimate of drug-likeness (QED) is 0.854. The van der Waals surface area contributed by atoms with Crippen LogP contribution >= 0.6 is 11.8 Å². The lowest BCUT2D eigenvalue weighted by atomic mass is 10.1. The zero-order valence-corrected chi connectivity index (χ0v) is 12.2.